The number of benzene rings is 1. The number of nitrogens with one attached hydrogen (secondary N) is 1. The lowest BCUT2D eigenvalue weighted by atomic mass is 10.1. The van der Waals surface area contributed by atoms with E-state index in [0.717, 1.165) is 29.9 Å². The first-order valence-electron chi connectivity index (χ1n) is 9.28. The number of rotatable bonds is 8. The van der Waals surface area contributed by atoms with Gasteiger partial charge in [-0.3, -0.25) is 4.79 Å². The molecule has 148 valence electrons. The van der Waals surface area contributed by atoms with Gasteiger partial charge in [-0.05, 0) is 58.6 Å². The van der Waals surface area contributed by atoms with E-state index >= 15 is 0 Å². The maximum Gasteiger partial charge on any atom is 0.253 e. The van der Waals surface area contributed by atoms with E-state index in [-0.39, 0.29) is 5.91 Å². The van der Waals surface area contributed by atoms with E-state index in [1.165, 1.54) is 11.8 Å². The van der Waals surface area contributed by atoms with E-state index in [1.807, 2.05) is 58.3 Å². The molecular weight excluding hydrogens is 372 g/mol. The van der Waals surface area contributed by atoms with Gasteiger partial charge in [0.15, 0.2) is 0 Å². The number of nitrogens with zero attached hydrogens (tertiary/aromatic N) is 5. The van der Waals surface area contributed by atoms with Gasteiger partial charge in [0.25, 0.3) is 11.7 Å². The van der Waals surface area contributed by atoms with Crippen molar-refractivity contribution in [2.75, 3.05) is 27.2 Å². The highest BCUT2D eigenvalue weighted by Crippen LogP contribution is 2.22. The van der Waals surface area contributed by atoms with E-state index in [2.05, 4.69) is 25.3 Å². The van der Waals surface area contributed by atoms with Crippen LogP contribution in [-0.4, -0.2) is 57.6 Å². The number of fused-ring (bicyclic) bond motifs is 1. The summed E-state index contributed by atoms with van der Waals surface area (Å²) in [5, 5.41) is 8.18. The second kappa shape index (κ2) is 9.16. The van der Waals surface area contributed by atoms with Gasteiger partial charge in [-0.2, -0.15) is 4.98 Å². The highest BCUT2D eigenvalue weighted by Gasteiger charge is 2.13. The second-order valence-corrected chi connectivity index (χ2v) is 7.95. The zero-order valence-electron chi connectivity index (χ0n) is 16.8. The van der Waals surface area contributed by atoms with Crippen LogP contribution in [0, 0.1) is 13.8 Å². The average Bonchev–Trinajstić information content (AvgIpc) is 3.06. The van der Waals surface area contributed by atoms with Crippen molar-refractivity contribution in [1.29, 1.82) is 0 Å². The summed E-state index contributed by atoms with van der Waals surface area (Å²) in [6.07, 6.45) is 0.923. The van der Waals surface area contributed by atoms with Crippen LogP contribution in [0.1, 0.15) is 33.7 Å². The number of aromatic nitrogens is 4. The van der Waals surface area contributed by atoms with Gasteiger partial charge in [0.2, 0.25) is 5.16 Å². The lowest BCUT2D eigenvalue weighted by molar-refractivity contribution is 0.0951. The first kappa shape index (κ1) is 20.3. The highest BCUT2D eigenvalue weighted by molar-refractivity contribution is 7.98. The van der Waals surface area contributed by atoms with Crippen LogP contribution in [0.5, 0.6) is 0 Å². The van der Waals surface area contributed by atoms with Crippen LogP contribution in [0.3, 0.4) is 0 Å². The quantitative estimate of drug-likeness (QED) is 0.464. The summed E-state index contributed by atoms with van der Waals surface area (Å²) in [5.74, 6) is 1.19. The molecule has 0 saturated carbocycles. The van der Waals surface area contributed by atoms with Crippen molar-refractivity contribution in [3.8, 4) is 0 Å². The predicted octanol–water partition coefficient (Wildman–Crippen LogP) is 2.71. The molecule has 7 nitrogen and oxygen atoms in total. The Morgan fingerprint density at radius 1 is 1.21 bits per heavy atom. The summed E-state index contributed by atoms with van der Waals surface area (Å²) in [6.45, 7) is 5.55. The standard InChI is InChI=1S/C20H26N6OS/c1-14-12-15(2)26-19(22-14)23-20(24-26)28-13-16-8-5-6-9-17(16)18(27)21-10-7-11-25(3)4/h5-6,8-9,12H,7,10-11,13H2,1-4H3,(H,21,27). The van der Waals surface area contributed by atoms with Gasteiger partial charge in [-0.25, -0.2) is 9.50 Å². The molecule has 8 heteroatoms. The lowest BCUT2D eigenvalue weighted by Gasteiger charge is -2.11. The van der Waals surface area contributed by atoms with E-state index < -0.39 is 0 Å². The summed E-state index contributed by atoms with van der Waals surface area (Å²) in [7, 11) is 4.06. The van der Waals surface area contributed by atoms with E-state index in [4.69, 9.17) is 0 Å². The van der Waals surface area contributed by atoms with Crippen LogP contribution in [0.15, 0.2) is 35.5 Å². The molecule has 0 aliphatic heterocycles. The number of carbonyl (C=O) groups is 1. The molecule has 0 bridgehead atoms. The fourth-order valence-electron chi connectivity index (χ4n) is 2.91. The van der Waals surface area contributed by atoms with Crippen molar-refractivity contribution in [3.63, 3.8) is 0 Å². The van der Waals surface area contributed by atoms with Gasteiger partial charge in [0.1, 0.15) is 0 Å². The molecule has 1 N–H and O–H groups in total. The average molecular weight is 399 g/mol. The SMILES string of the molecule is Cc1cc(C)n2nc(SCc3ccccc3C(=O)NCCCN(C)C)nc2n1. The summed E-state index contributed by atoms with van der Waals surface area (Å²) >= 11 is 1.51. The number of amides is 1. The molecule has 3 rings (SSSR count). The summed E-state index contributed by atoms with van der Waals surface area (Å²) in [6, 6.07) is 9.66. The molecule has 28 heavy (non-hydrogen) atoms. The molecule has 2 aromatic heterocycles. The molecular formula is C20H26N6OS. The van der Waals surface area contributed by atoms with Crippen LogP contribution >= 0.6 is 11.8 Å². The van der Waals surface area contributed by atoms with E-state index in [9.17, 15) is 4.79 Å². The fourth-order valence-corrected chi connectivity index (χ4v) is 3.73. The van der Waals surface area contributed by atoms with Gasteiger partial charge in [-0.15, -0.1) is 5.10 Å². The van der Waals surface area contributed by atoms with Crippen LogP contribution in [0.2, 0.25) is 0 Å². The molecule has 1 aromatic carbocycles. The third kappa shape index (κ3) is 5.08. The van der Waals surface area contributed by atoms with Crippen molar-refractivity contribution in [2.45, 2.75) is 31.2 Å². The van der Waals surface area contributed by atoms with Gasteiger partial charge < -0.3 is 10.2 Å². The smallest absolute Gasteiger partial charge is 0.253 e. The van der Waals surface area contributed by atoms with Crippen LogP contribution in [-0.2, 0) is 5.75 Å². The Morgan fingerprint density at radius 3 is 2.79 bits per heavy atom. The number of aryl methyl sites for hydroxylation is 2. The predicted molar refractivity (Wildman–Crippen MR) is 112 cm³/mol. The van der Waals surface area contributed by atoms with Crippen molar-refractivity contribution in [1.82, 2.24) is 29.8 Å². The van der Waals surface area contributed by atoms with Crippen LogP contribution in [0.25, 0.3) is 5.78 Å². The van der Waals surface area contributed by atoms with Gasteiger partial charge >= 0.3 is 0 Å². The van der Waals surface area contributed by atoms with Crippen LogP contribution in [0.4, 0.5) is 0 Å². The first-order valence-corrected chi connectivity index (χ1v) is 10.3. The third-order valence-electron chi connectivity index (χ3n) is 4.29. The Bertz CT molecular complexity index is 968. The molecule has 0 unspecified atom stereocenters. The molecule has 0 spiro atoms. The Labute approximate surface area is 169 Å². The highest BCUT2D eigenvalue weighted by atomic mass is 32.2. The molecule has 0 radical (unpaired) electrons. The fraction of sp³-hybridized carbons (Fsp3) is 0.400. The van der Waals surface area contributed by atoms with Gasteiger partial charge in [-0.1, -0.05) is 30.0 Å². The molecule has 0 atom stereocenters. The molecule has 2 heterocycles. The second-order valence-electron chi connectivity index (χ2n) is 7.00. The number of thioether (sulfide) groups is 1. The number of carbonyl (C=O) groups excluding carboxylic acids is 1. The topological polar surface area (TPSA) is 75.4 Å². The van der Waals surface area contributed by atoms with E-state index in [0.29, 0.717) is 28.8 Å². The summed E-state index contributed by atoms with van der Waals surface area (Å²) in [5.41, 5.74) is 3.59. The maximum absolute atomic E-state index is 12.6. The van der Waals surface area contributed by atoms with Crippen molar-refractivity contribution >= 4 is 23.4 Å². The molecule has 0 aliphatic carbocycles. The van der Waals surface area contributed by atoms with E-state index in [1.54, 1.807) is 4.52 Å². The third-order valence-corrected chi connectivity index (χ3v) is 5.17. The first-order chi connectivity index (χ1) is 13.4. The molecule has 0 aliphatic rings. The summed E-state index contributed by atoms with van der Waals surface area (Å²) < 4.78 is 1.75. The van der Waals surface area contributed by atoms with Crippen LogP contribution < -0.4 is 5.32 Å². The lowest BCUT2D eigenvalue weighted by Crippen LogP contribution is -2.27. The Morgan fingerprint density at radius 2 is 2.00 bits per heavy atom. The Kier molecular flexibility index (Phi) is 6.64. The monoisotopic (exact) mass is 398 g/mol. The molecule has 0 fully saturated rings. The largest absolute Gasteiger partial charge is 0.352 e. The molecule has 1 amide bonds. The molecule has 3 aromatic rings. The molecule has 0 saturated heterocycles. The zero-order chi connectivity index (χ0) is 20.1. The van der Waals surface area contributed by atoms with Crippen molar-refractivity contribution < 1.29 is 4.79 Å². The zero-order valence-corrected chi connectivity index (χ0v) is 17.6. The summed E-state index contributed by atoms with van der Waals surface area (Å²) in [4.78, 5) is 23.6. The minimum Gasteiger partial charge on any atom is -0.352 e. The minimum atomic E-state index is -0.0361. The number of hydrogen-bond acceptors (Lipinski definition) is 6. The maximum atomic E-state index is 12.6. The Hall–Kier alpha value is -2.45. The van der Waals surface area contributed by atoms with Crippen molar-refractivity contribution in [2.24, 2.45) is 0 Å². The van der Waals surface area contributed by atoms with Crippen molar-refractivity contribution in [3.05, 3.63) is 52.8 Å². The Balaban J connectivity index is 1.66. The number of hydrogen-bond donors (Lipinski definition) is 1. The normalized spacial score (nSPS) is 11.3. The van der Waals surface area contributed by atoms with Gasteiger partial charge in [0, 0.05) is 29.2 Å². The van der Waals surface area contributed by atoms with Gasteiger partial charge in [0.05, 0.1) is 0 Å². The minimum absolute atomic E-state index is 0.0361.